The molecule has 1 saturated carbocycles. The van der Waals surface area contributed by atoms with Crippen LogP contribution in [0.3, 0.4) is 0 Å². The number of aliphatic hydroxyl groups excluding tert-OH is 1. The molecule has 1 aliphatic carbocycles. The van der Waals surface area contributed by atoms with Gasteiger partial charge in [0.1, 0.15) is 0 Å². The highest BCUT2D eigenvalue weighted by Gasteiger charge is 2.38. The fourth-order valence-corrected chi connectivity index (χ4v) is 3.85. The van der Waals surface area contributed by atoms with Crippen LogP contribution in [0.15, 0.2) is 22.7 Å². The van der Waals surface area contributed by atoms with Gasteiger partial charge in [-0.25, -0.2) is 0 Å². The summed E-state index contributed by atoms with van der Waals surface area (Å²) in [7, 11) is 0. The first-order valence-corrected chi connectivity index (χ1v) is 8.09. The summed E-state index contributed by atoms with van der Waals surface area (Å²) < 4.78 is 0.927. The van der Waals surface area contributed by atoms with Crippen LogP contribution in [-0.2, 0) is 0 Å². The van der Waals surface area contributed by atoms with Gasteiger partial charge >= 0.3 is 0 Å². The molecule has 1 aromatic carbocycles. The van der Waals surface area contributed by atoms with Gasteiger partial charge in [0, 0.05) is 21.5 Å². The normalized spacial score (nSPS) is 20.8. The van der Waals surface area contributed by atoms with Crippen molar-refractivity contribution in [2.24, 2.45) is 11.1 Å². The molecule has 0 amide bonds. The summed E-state index contributed by atoms with van der Waals surface area (Å²) in [6, 6.07) is 5.66. The first kappa shape index (κ1) is 15.3. The van der Waals surface area contributed by atoms with Crippen LogP contribution in [0.1, 0.15) is 50.2 Å². The van der Waals surface area contributed by atoms with Crippen LogP contribution in [-0.4, -0.2) is 11.7 Å². The van der Waals surface area contributed by atoms with E-state index in [1.807, 2.05) is 18.2 Å². The van der Waals surface area contributed by atoms with Crippen LogP contribution in [0.4, 0.5) is 0 Å². The van der Waals surface area contributed by atoms with E-state index in [0.717, 1.165) is 35.7 Å². The minimum absolute atomic E-state index is 0.214. The molecule has 0 spiro atoms. The molecule has 0 aromatic heterocycles. The van der Waals surface area contributed by atoms with E-state index < -0.39 is 6.10 Å². The van der Waals surface area contributed by atoms with Crippen molar-refractivity contribution in [1.29, 1.82) is 0 Å². The Hall–Kier alpha value is -0.0900. The number of aliphatic hydroxyl groups is 1. The quantitative estimate of drug-likeness (QED) is 0.795. The van der Waals surface area contributed by atoms with Gasteiger partial charge in [-0.05, 0) is 30.5 Å². The number of benzene rings is 1. The standard InChI is InChI=1S/C15H21BrClNO/c16-11-5-6-12(13(17)9-11)14(19)15(10-18)7-3-1-2-4-8-15/h5-6,9,14,19H,1-4,7-8,10,18H2. The Bertz CT molecular complexity index is 430. The van der Waals surface area contributed by atoms with Gasteiger partial charge in [0.25, 0.3) is 0 Å². The van der Waals surface area contributed by atoms with Crippen molar-refractivity contribution in [3.63, 3.8) is 0 Å². The highest BCUT2D eigenvalue weighted by Crippen LogP contribution is 2.46. The van der Waals surface area contributed by atoms with E-state index in [4.69, 9.17) is 17.3 Å². The first-order valence-electron chi connectivity index (χ1n) is 6.92. The highest BCUT2D eigenvalue weighted by molar-refractivity contribution is 9.10. The molecular formula is C15H21BrClNO. The van der Waals surface area contributed by atoms with Gasteiger partial charge in [0.2, 0.25) is 0 Å². The Labute approximate surface area is 128 Å². The predicted molar refractivity (Wildman–Crippen MR) is 83.3 cm³/mol. The average molecular weight is 347 g/mol. The zero-order valence-corrected chi connectivity index (χ0v) is 13.4. The van der Waals surface area contributed by atoms with E-state index in [2.05, 4.69) is 15.9 Å². The van der Waals surface area contributed by atoms with Gasteiger partial charge in [-0.2, -0.15) is 0 Å². The molecule has 0 radical (unpaired) electrons. The Morgan fingerprint density at radius 1 is 1.26 bits per heavy atom. The smallest absolute Gasteiger partial charge is 0.0872 e. The Balaban J connectivity index is 2.31. The summed E-state index contributed by atoms with van der Waals surface area (Å²) in [5.74, 6) is 0. The van der Waals surface area contributed by atoms with Crippen LogP contribution in [0, 0.1) is 5.41 Å². The molecule has 1 atom stereocenters. The zero-order valence-electron chi connectivity index (χ0n) is 11.0. The number of nitrogens with two attached hydrogens (primary N) is 1. The maximum atomic E-state index is 10.8. The molecular weight excluding hydrogens is 326 g/mol. The zero-order chi connectivity index (χ0) is 13.9. The Morgan fingerprint density at radius 2 is 1.89 bits per heavy atom. The lowest BCUT2D eigenvalue weighted by atomic mass is 9.73. The van der Waals surface area contributed by atoms with E-state index in [1.54, 1.807) is 0 Å². The molecule has 0 aliphatic heterocycles. The van der Waals surface area contributed by atoms with Crippen molar-refractivity contribution < 1.29 is 5.11 Å². The number of hydrogen-bond acceptors (Lipinski definition) is 2. The molecule has 3 N–H and O–H groups in total. The van der Waals surface area contributed by atoms with Crippen molar-refractivity contribution >= 4 is 27.5 Å². The minimum atomic E-state index is -0.573. The van der Waals surface area contributed by atoms with E-state index in [9.17, 15) is 5.11 Å². The Kier molecular flexibility index (Phi) is 5.29. The third-order valence-corrected chi connectivity index (χ3v) is 5.16. The van der Waals surface area contributed by atoms with Gasteiger partial charge in [-0.15, -0.1) is 0 Å². The maximum absolute atomic E-state index is 10.8. The molecule has 106 valence electrons. The summed E-state index contributed by atoms with van der Waals surface area (Å²) in [6.45, 7) is 0.514. The lowest BCUT2D eigenvalue weighted by Crippen LogP contribution is -2.36. The molecule has 19 heavy (non-hydrogen) atoms. The van der Waals surface area contributed by atoms with Gasteiger partial charge in [-0.1, -0.05) is 59.3 Å². The van der Waals surface area contributed by atoms with Crippen LogP contribution in [0.5, 0.6) is 0 Å². The van der Waals surface area contributed by atoms with Gasteiger partial charge in [-0.3, -0.25) is 0 Å². The second kappa shape index (κ2) is 6.57. The fraction of sp³-hybridized carbons (Fsp3) is 0.600. The molecule has 1 unspecified atom stereocenters. The van der Waals surface area contributed by atoms with Crippen molar-refractivity contribution in [3.05, 3.63) is 33.3 Å². The van der Waals surface area contributed by atoms with Gasteiger partial charge in [0.05, 0.1) is 6.10 Å². The second-order valence-corrected chi connectivity index (χ2v) is 6.87. The number of halogens is 2. The third-order valence-electron chi connectivity index (χ3n) is 4.34. The van der Waals surface area contributed by atoms with Crippen molar-refractivity contribution in [1.82, 2.24) is 0 Å². The van der Waals surface area contributed by atoms with E-state index in [1.165, 1.54) is 12.8 Å². The number of rotatable bonds is 3. The molecule has 0 heterocycles. The lowest BCUT2D eigenvalue weighted by molar-refractivity contribution is 0.0167. The minimum Gasteiger partial charge on any atom is -0.388 e. The topological polar surface area (TPSA) is 46.2 Å². The summed E-state index contributed by atoms with van der Waals surface area (Å²) >= 11 is 9.67. The van der Waals surface area contributed by atoms with Crippen molar-refractivity contribution in [2.45, 2.75) is 44.6 Å². The molecule has 0 saturated heterocycles. The highest BCUT2D eigenvalue weighted by atomic mass is 79.9. The maximum Gasteiger partial charge on any atom is 0.0872 e. The van der Waals surface area contributed by atoms with Crippen LogP contribution in [0.2, 0.25) is 5.02 Å². The summed E-state index contributed by atoms with van der Waals surface area (Å²) in [5, 5.41) is 11.4. The third kappa shape index (κ3) is 3.33. The molecule has 0 bridgehead atoms. The van der Waals surface area contributed by atoms with Crippen molar-refractivity contribution in [3.8, 4) is 0 Å². The summed E-state index contributed by atoms with van der Waals surface area (Å²) in [4.78, 5) is 0. The summed E-state index contributed by atoms with van der Waals surface area (Å²) in [6.07, 6.45) is 6.15. The van der Waals surface area contributed by atoms with Crippen molar-refractivity contribution in [2.75, 3.05) is 6.54 Å². The van der Waals surface area contributed by atoms with Gasteiger partial charge in [0.15, 0.2) is 0 Å². The molecule has 1 aliphatic rings. The molecule has 1 fully saturated rings. The van der Waals surface area contributed by atoms with Crippen LogP contribution in [0.25, 0.3) is 0 Å². The largest absolute Gasteiger partial charge is 0.388 e. The number of hydrogen-bond donors (Lipinski definition) is 2. The molecule has 1 aromatic rings. The van der Waals surface area contributed by atoms with Crippen LogP contribution >= 0.6 is 27.5 Å². The first-order chi connectivity index (χ1) is 9.09. The van der Waals surface area contributed by atoms with E-state index in [-0.39, 0.29) is 5.41 Å². The monoisotopic (exact) mass is 345 g/mol. The fourth-order valence-electron chi connectivity index (χ4n) is 3.07. The second-order valence-electron chi connectivity index (χ2n) is 5.55. The molecule has 2 rings (SSSR count). The predicted octanol–water partition coefficient (Wildman–Crippen LogP) is 4.44. The van der Waals surface area contributed by atoms with E-state index in [0.29, 0.717) is 11.6 Å². The SMILES string of the molecule is NCC1(C(O)c2ccc(Br)cc2Cl)CCCCCC1. The van der Waals surface area contributed by atoms with E-state index >= 15 is 0 Å². The lowest BCUT2D eigenvalue weighted by Gasteiger charge is -2.37. The van der Waals surface area contributed by atoms with Gasteiger partial charge < -0.3 is 10.8 Å². The summed E-state index contributed by atoms with van der Waals surface area (Å²) in [5.41, 5.74) is 6.60. The van der Waals surface area contributed by atoms with Crippen LogP contribution < -0.4 is 5.73 Å². The molecule has 4 heteroatoms. The molecule has 2 nitrogen and oxygen atoms in total. The Morgan fingerprint density at radius 3 is 2.42 bits per heavy atom. The average Bonchev–Trinajstić information content (AvgIpc) is 2.64.